The first-order valence-corrected chi connectivity index (χ1v) is 8.80. The highest BCUT2D eigenvalue weighted by Gasteiger charge is 2.18. The molecule has 1 N–H and O–H groups in total. The Hall–Kier alpha value is -1.37. The summed E-state index contributed by atoms with van der Waals surface area (Å²) in [5, 5.41) is 4.99. The third kappa shape index (κ3) is 3.34. The highest BCUT2D eigenvalue weighted by molar-refractivity contribution is 9.10. The number of amides is 1. The van der Waals surface area contributed by atoms with Crippen molar-refractivity contribution in [3.63, 3.8) is 0 Å². The minimum absolute atomic E-state index is 0.0555. The molecule has 0 spiro atoms. The van der Waals surface area contributed by atoms with Crippen LogP contribution in [0.25, 0.3) is 0 Å². The second kappa shape index (κ2) is 6.81. The fourth-order valence-corrected chi connectivity index (χ4v) is 3.65. The first-order valence-electron chi connectivity index (χ1n) is 7.13. The number of morpholine rings is 1. The lowest BCUT2D eigenvalue weighted by Gasteiger charge is -2.30. The summed E-state index contributed by atoms with van der Waals surface area (Å²) in [5.74, 6) is -0.0555. The van der Waals surface area contributed by atoms with E-state index in [1.807, 2.05) is 36.6 Å². The Kier molecular flexibility index (Phi) is 4.81. The number of carbonyl (C=O) groups excluding carboxylic acids is 1. The van der Waals surface area contributed by atoms with Gasteiger partial charge >= 0.3 is 0 Å². The summed E-state index contributed by atoms with van der Waals surface area (Å²) in [6.45, 7) is 5.06. The van der Waals surface area contributed by atoms with Crippen LogP contribution in [0.15, 0.2) is 34.1 Å². The van der Waals surface area contributed by atoms with Crippen molar-refractivity contribution in [3.05, 3.63) is 44.6 Å². The van der Waals surface area contributed by atoms with E-state index in [-0.39, 0.29) is 5.91 Å². The van der Waals surface area contributed by atoms with Crippen LogP contribution >= 0.6 is 27.3 Å². The molecule has 1 fully saturated rings. The van der Waals surface area contributed by atoms with Crippen LogP contribution in [0.3, 0.4) is 0 Å². The van der Waals surface area contributed by atoms with Crippen LogP contribution in [0.1, 0.15) is 15.2 Å². The fourth-order valence-electron chi connectivity index (χ4n) is 2.47. The zero-order valence-corrected chi connectivity index (χ0v) is 14.7. The summed E-state index contributed by atoms with van der Waals surface area (Å²) in [6, 6.07) is 7.94. The van der Waals surface area contributed by atoms with E-state index in [9.17, 15) is 4.79 Å². The van der Waals surface area contributed by atoms with Gasteiger partial charge in [-0.2, -0.15) is 0 Å². The van der Waals surface area contributed by atoms with Crippen molar-refractivity contribution in [3.8, 4) is 0 Å². The number of ether oxygens (including phenoxy) is 1. The molecule has 1 aliphatic heterocycles. The smallest absolute Gasteiger partial charge is 0.266 e. The lowest BCUT2D eigenvalue weighted by Crippen LogP contribution is -2.36. The maximum absolute atomic E-state index is 12.5. The van der Waals surface area contributed by atoms with Crippen molar-refractivity contribution in [2.45, 2.75) is 6.92 Å². The molecule has 3 rings (SSSR count). The Balaban J connectivity index is 1.87. The number of rotatable bonds is 3. The summed E-state index contributed by atoms with van der Waals surface area (Å²) in [6.07, 6.45) is 0. The average Bonchev–Trinajstić information content (AvgIpc) is 2.94. The molecule has 1 amide bonds. The van der Waals surface area contributed by atoms with Crippen molar-refractivity contribution in [1.82, 2.24) is 0 Å². The number of aryl methyl sites for hydroxylation is 1. The van der Waals surface area contributed by atoms with E-state index in [0.29, 0.717) is 13.2 Å². The number of hydrogen-bond donors (Lipinski definition) is 1. The van der Waals surface area contributed by atoms with Gasteiger partial charge in [-0.05, 0) is 42.1 Å². The number of anilines is 2. The Labute approximate surface area is 142 Å². The molecule has 0 radical (unpaired) electrons. The minimum Gasteiger partial charge on any atom is -0.378 e. The number of halogens is 1. The summed E-state index contributed by atoms with van der Waals surface area (Å²) in [5.41, 5.74) is 2.87. The Morgan fingerprint density at radius 3 is 2.77 bits per heavy atom. The maximum atomic E-state index is 12.5. The Morgan fingerprint density at radius 1 is 1.32 bits per heavy atom. The molecule has 0 atom stereocenters. The topological polar surface area (TPSA) is 41.6 Å². The molecular formula is C16H17BrN2O2S. The van der Waals surface area contributed by atoms with E-state index in [0.717, 1.165) is 39.4 Å². The van der Waals surface area contributed by atoms with Crippen molar-refractivity contribution in [2.24, 2.45) is 0 Å². The molecule has 2 heterocycles. The number of thiophene rings is 1. The molecule has 116 valence electrons. The van der Waals surface area contributed by atoms with Crippen LogP contribution < -0.4 is 10.2 Å². The van der Waals surface area contributed by atoms with Crippen molar-refractivity contribution in [2.75, 3.05) is 36.5 Å². The third-order valence-electron chi connectivity index (χ3n) is 3.63. The molecule has 0 unspecified atom stereocenters. The Morgan fingerprint density at radius 2 is 2.09 bits per heavy atom. The number of benzene rings is 1. The molecule has 1 aromatic heterocycles. The van der Waals surface area contributed by atoms with Crippen LogP contribution in [0, 0.1) is 6.92 Å². The molecule has 0 saturated carbocycles. The van der Waals surface area contributed by atoms with Gasteiger partial charge in [-0.15, -0.1) is 11.3 Å². The normalized spacial score (nSPS) is 14.9. The summed E-state index contributed by atoms with van der Waals surface area (Å²) < 4.78 is 6.35. The first kappa shape index (κ1) is 15.5. The lowest BCUT2D eigenvalue weighted by molar-refractivity contribution is 0.103. The molecule has 4 nitrogen and oxygen atoms in total. The van der Waals surface area contributed by atoms with Crippen LogP contribution in [0.2, 0.25) is 0 Å². The third-order valence-corrected chi connectivity index (χ3v) is 5.14. The maximum Gasteiger partial charge on any atom is 0.266 e. The van der Waals surface area contributed by atoms with E-state index in [2.05, 4.69) is 26.1 Å². The second-order valence-electron chi connectivity index (χ2n) is 5.15. The van der Waals surface area contributed by atoms with Gasteiger partial charge in [0.1, 0.15) is 0 Å². The van der Waals surface area contributed by atoms with Crippen molar-refractivity contribution >= 4 is 44.5 Å². The summed E-state index contributed by atoms with van der Waals surface area (Å²) in [4.78, 5) is 15.5. The minimum atomic E-state index is -0.0555. The summed E-state index contributed by atoms with van der Waals surface area (Å²) in [7, 11) is 0. The molecule has 1 aromatic carbocycles. The first-order chi connectivity index (χ1) is 10.6. The molecule has 6 heteroatoms. The van der Waals surface area contributed by atoms with Gasteiger partial charge in [0, 0.05) is 17.6 Å². The van der Waals surface area contributed by atoms with E-state index in [1.54, 1.807) is 0 Å². The standard InChI is InChI=1S/C16H17BrN2O2S/c1-11-4-9-22-15(11)16(20)18-13-10-12(17)2-3-14(13)19-5-7-21-8-6-19/h2-4,9-10H,5-8H2,1H3,(H,18,20). The summed E-state index contributed by atoms with van der Waals surface area (Å²) >= 11 is 4.95. The van der Waals surface area contributed by atoms with E-state index < -0.39 is 0 Å². The lowest BCUT2D eigenvalue weighted by atomic mass is 10.2. The molecular weight excluding hydrogens is 364 g/mol. The molecule has 2 aromatic rings. The predicted octanol–water partition coefficient (Wildman–Crippen LogP) is 3.91. The van der Waals surface area contributed by atoms with Gasteiger partial charge in [0.2, 0.25) is 0 Å². The van der Waals surface area contributed by atoms with Gasteiger partial charge < -0.3 is 15.0 Å². The average molecular weight is 381 g/mol. The van der Waals surface area contributed by atoms with Gasteiger partial charge in [0.05, 0.1) is 29.5 Å². The molecule has 1 saturated heterocycles. The van der Waals surface area contributed by atoms with Gasteiger partial charge in [-0.3, -0.25) is 4.79 Å². The quantitative estimate of drug-likeness (QED) is 0.877. The zero-order chi connectivity index (χ0) is 15.5. The number of carbonyl (C=O) groups is 1. The van der Waals surface area contributed by atoms with Gasteiger partial charge in [-0.25, -0.2) is 0 Å². The van der Waals surface area contributed by atoms with Gasteiger partial charge in [-0.1, -0.05) is 15.9 Å². The van der Waals surface area contributed by atoms with Crippen molar-refractivity contribution < 1.29 is 9.53 Å². The Bertz CT molecular complexity index is 681. The van der Waals surface area contributed by atoms with Crippen LogP contribution in [-0.4, -0.2) is 32.2 Å². The van der Waals surface area contributed by atoms with E-state index >= 15 is 0 Å². The monoisotopic (exact) mass is 380 g/mol. The van der Waals surface area contributed by atoms with Crippen LogP contribution in [0.4, 0.5) is 11.4 Å². The molecule has 0 aliphatic carbocycles. The second-order valence-corrected chi connectivity index (χ2v) is 6.98. The van der Waals surface area contributed by atoms with Crippen molar-refractivity contribution in [1.29, 1.82) is 0 Å². The highest BCUT2D eigenvalue weighted by Crippen LogP contribution is 2.31. The predicted molar refractivity (Wildman–Crippen MR) is 94.2 cm³/mol. The number of nitrogens with one attached hydrogen (secondary N) is 1. The number of hydrogen-bond acceptors (Lipinski definition) is 4. The molecule has 22 heavy (non-hydrogen) atoms. The number of nitrogens with zero attached hydrogens (tertiary/aromatic N) is 1. The van der Waals surface area contributed by atoms with E-state index in [4.69, 9.17) is 4.74 Å². The van der Waals surface area contributed by atoms with Crippen LogP contribution in [-0.2, 0) is 4.74 Å². The van der Waals surface area contributed by atoms with Gasteiger partial charge in [0.25, 0.3) is 5.91 Å². The zero-order valence-electron chi connectivity index (χ0n) is 12.3. The van der Waals surface area contributed by atoms with E-state index in [1.165, 1.54) is 11.3 Å². The molecule has 0 bridgehead atoms. The SMILES string of the molecule is Cc1ccsc1C(=O)Nc1cc(Br)ccc1N1CCOCC1. The fraction of sp³-hybridized carbons (Fsp3) is 0.312. The molecule has 1 aliphatic rings. The van der Waals surface area contributed by atoms with Gasteiger partial charge in [0.15, 0.2) is 0 Å². The van der Waals surface area contributed by atoms with Crippen LogP contribution in [0.5, 0.6) is 0 Å². The highest BCUT2D eigenvalue weighted by atomic mass is 79.9. The largest absolute Gasteiger partial charge is 0.378 e.